The zero-order valence-electron chi connectivity index (χ0n) is 17.5. The van der Waals surface area contributed by atoms with Crippen molar-refractivity contribution in [1.82, 2.24) is 9.88 Å². The Morgan fingerprint density at radius 2 is 1.72 bits per heavy atom. The summed E-state index contributed by atoms with van der Waals surface area (Å²) in [5, 5.41) is 12.0. The van der Waals surface area contributed by atoms with Crippen molar-refractivity contribution >= 4 is 16.6 Å². The summed E-state index contributed by atoms with van der Waals surface area (Å²) in [6, 6.07) is 19.4. The van der Waals surface area contributed by atoms with Crippen LogP contribution in [0.15, 0.2) is 54.6 Å². The maximum absolute atomic E-state index is 9.52. The third-order valence-electron chi connectivity index (χ3n) is 5.94. The van der Waals surface area contributed by atoms with Gasteiger partial charge in [0.1, 0.15) is 5.82 Å². The monoisotopic (exact) mass is 389 g/mol. The molecule has 0 saturated carbocycles. The molecule has 1 saturated heterocycles. The Labute approximate surface area is 173 Å². The molecule has 1 atom stereocenters. The summed E-state index contributed by atoms with van der Waals surface area (Å²) >= 11 is 0. The third-order valence-corrected chi connectivity index (χ3v) is 5.94. The van der Waals surface area contributed by atoms with Gasteiger partial charge in [0.2, 0.25) is 0 Å². The second kappa shape index (κ2) is 8.93. The van der Waals surface area contributed by atoms with Crippen molar-refractivity contribution < 1.29 is 5.11 Å². The quantitative estimate of drug-likeness (QED) is 0.680. The van der Waals surface area contributed by atoms with Gasteiger partial charge in [-0.2, -0.15) is 0 Å². The topological polar surface area (TPSA) is 39.6 Å². The molecule has 4 rings (SSSR count). The van der Waals surface area contributed by atoms with Crippen LogP contribution < -0.4 is 4.90 Å². The second-order valence-corrected chi connectivity index (χ2v) is 8.06. The van der Waals surface area contributed by atoms with Crippen LogP contribution in [0.2, 0.25) is 0 Å². The first-order chi connectivity index (χ1) is 14.1. The van der Waals surface area contributed by atoms with Crippen LogP contribution in [0.3, 0.4) is 0 Å². The lowest BCUT2D eigenvalue weighted by Crippen LogP contribution is -2.46. The van der Waals surface area contributed by atoms with Crippen molar-refractivity contribution in [3.05, 3.63) is 60.2 Å². The Morgan fingerprint density at radius 1 is 1.00 bits per heavy atom. The Balaban J connectivity index is 1.65. The minimum absolute atomic E-state index is 0.257. The maximum Gasteiger partial charge on any atom is 0.137 e. The van der Waals surface area contributed by atoms with E-state index in [1.165, 1.54) is 16.3 Å². The lowest BCUT2D eigenvalue weighted by atomic mass is 10.0. The molecule has 2 aromatic carbocycles. The first-order valence-electron chi connectivity index (χ1n) is 10.8. The molecular formula is C25H31N3O. The van der Waals surface area contributed by atoms with Crippen LogP contribution in [0, 0.1) is 0 Å². The number of likely N-dealkylation sites (N-methyl/N-ethyl adjacent to an activating group) is 1. The number of benzene rings is 2. The summed E-state index contributed by atoms with van der Waals surface area (Å²) in [4.78, 5) is 10.1. The van der Waals surface area contributed by atoms with E-state index >= 15 is 0 Å². The Kier molecular flexibility index (Phi) is 6.12. The molecule has 1 fully saturated rings. The Bertz CT molecular complexity index is 944. The third kappa shape index (κ3) is 4.60. The normalized spacial score (nSPS) is 16.3. The molecule has 0 amide bonds. The largest absolute Gasteiger partial charge is 0.393 e. The van der Waals surface area contributed by atoms with E-state index in [4.69, 9.17) is 4.98 Å². The highest BCUT2D eigenvalue weighted by atomic mass is 16.3. The van der Waals surface area contributed by atoms with E-state index in [9.17, 15) is 5.11 Å². The van der Waals surface area contributed by atoms with Crippen LogP contribution in [-0.2, 0) is 6.42 Å². The van der Waals surface area contributed by atoms with Crippen LogP contribution in [0.4, 0.5) is 5.82 Å². The van der Waals surface area contributed by atoms with Gasteiger partial charge in [0.05, 0.1) is 11.8 Å². The lowest BCUT2D eigenvalue weighted by molar-refractivity contribution is 0.185. The van der Waals surface area contributed by atoms with Crippen molar-refractivity contribution in [2.75, 3.05) is 37.6 Å². The molecular weight excluding hydrogens is 358 g/mol. The SMILES string of the molecule is CCN1CCN(c2nc(-c3ccc(CCC(C)O)cc3)cc3ccccc23)CC1. The molecule has 3 aromatic rings. The van der Waals surface area contributed by atoms with E-state index in [1.54, 1.807) is 0 Å². The van der Waals surface area contributed by atoms with Gasteiger partial charge in [0.25, 0.3) is 0 Å². The van der Waals surface area contributed by atoms with E-state index < -0.39 is 0 Å². The fraction of sp³-hybridized carbons (Fsp3) is 0.400. The first kappa shape index (κ1) is 19.9. The number of aromatic nitrogens is 1. The van der Waals surface area contributed by atoms with E-state index in [0.29, 0.717) is 0 Å². The minimum atomic E-state index is -0.257. The summed E-state index contributed by atoms with van der Waals surface area (Å²) in [6.07, 6.45) is 1.44. The molecule has 1 unspecified atom stereocenters. The average molecular weight is 390 g/mol. The zero-order valence-corrected chi connectivity index (χ0v) is 17.5. The highest BCUT2D eigenvalue weighted by molar-refractivity contribution is 5.95. The summed E-state index contributed by atoms with van der Waals surface area (Å²) in [7, 11) is 0. The number of hydrogen-bond acceptors (Lipinski definition) is 4. The highest BCUT2D eigenvalue weighted by Crippen LogP contribution is 2.31. The predicted octanol–water partition coefficient (Wildman–Crippen LogP) is 4.36. The van der Waals surface area contributed by atoms with Gasteiger partial charge in [-0.05, 0) is 43.3 Å². The number of nitrogens with zero attached hydrogens (tertiary/aromatic N) is 3. The van der Waals surface area contributed by atoms with Gasteiger partial charge >= 0.3 is 0 Å². The van der Waals surface area contributed by atoms with E-state index in [-0.39, 0.29) is 6.10 Å². The van der Waals surface area contributed by atoms with Gasteiger partial charge in [-0.3, -0.25) is 0 Å². The molecule has 0 radical (unpaired) electrons. The summed E-state index contributed by atoms with van der Waals surface area (Å²) in [5.74, 6) is 1.10. The molecule has 152 valence electrons. The molecule has 4 nitrogen and oxygen atoms in total. The predicted molar refractivity (Wildman–Crippen MR) is 122 cm³/mol. The van der Waals surface area contributed by atoms with Crippen molar-refractivity contribution in [2.45, 2.75) is 32.8 Å². The molecule has 0 bridgehead atoms. The number of piperazine rings is 1. The fourth-order valence-electron chi connectivity index (χ4n) is 4.06. The number of pyridine rings is 1. The van der Waals surface area contributed by atoms with Gasteiger partial charge in [-0.1, -0.05) is 55.5 Å². The molecule has 1 aliphatic heterocycles. The standard InChI is InChI=1S/C25H31N3O/c1-3-27-14-16-28(17-15-27)25-23-7-5-4-6-22(23)18-24(26-25)21-12-10-20(11-13-21)9-8-19(2)29/h4-7,10-13,18-19,29H,3,8-9,14-17H2,1-2H3. The Hall–Kier alpha value is -2.43. The summed E-state index contributed by atoms with van der Waals surface area (Å²) in [6.45, 7) is 9.41. The second-order valence-electron chi connectivity index (χ2n) is 8.06. The van der Waals surface area contributed by atoms with Crippen LogP contribution in [-0.4, -0.2) is 53.8 Å². The Morgan fingerprint density at radius 3 is 2.41 bits per heavy atom. The molecule has 2 heterocycles. The number of anilines is 1. The summed E-state index contributed by atoms with van der Waals surface area (Å²) < 4.78 is 0. The van der Waals surface area contributed by atoms with Crippen molar-refractivity contribution in [1.29, 1.82) is 0 Å². The number of aliphatic hydroxyl groups is 1. The lowest BCUT2D eigenvalue weighted by Gasteiger charge is -2.35. The maximum atomic E-state index is 9.52. The van der Waals surface area contributed by atoms with Gasteiger partial charge in [-0.25, -0.2) is 4.98 Å². The van der Waals surface area contributed by atoms with Crippen LogP contribution in [0.5, 0.6) is 0 Å². The van der Waals surface area contributed by atoms with Crippen molar-refractivity contribution in [2.24, 2.45) is 0 Å². The number of aliphatic hydroxyl groups excluding tert-OH is 1. The number of fused-ring (bicyclic) bond motifs is 1. The fourth-order valence-corrected chi connectivity index (χ4v) is 4.06. The van der Waals surface area contributed by atoms with Crippen LogP contribution in [0.1, 0.15) is 25.8 Å². The average Bonchev–Trinajstić information content (AvgIpc) is 2.77. The first-order valence-corrected chi connectivity index (χ1v) is 10.8. The minimum Gasteiger partial charge on any atom is -0.393 e. The molecule has 0 aliphatic carbocycles. The van der Waals surface area contributed by atoms with E-state index in [2.05, 4.69) is 71.3 Å². The molecule has 1 aromatic heterocycles. The van der Waals surface area contributed by atoms with E-state index in [1.807, 2.05) is 6.92 Å². The number of aryl methyl sites for hydroxylation is 1. The van der Waals surface area contributed by atoms with Crippen molar-refractivity contribution in [3.63, 3.8) is 0 Å². The van der Waals surface area contributed by atoms with Gasteiger partial charge in [-0.15, -0.1) is 0 Å². The molecule has 4 heteroatoms. The molecule has 1 N–H and O–H groups in total. The summed E-state index contributed by atoms with van der Waals surface area (Å²) in [5.41, 5.74) is 3.43. The highest BCUT2D eigenvalue weighted by Gasteiger charge is 2.19. The van der Waals surface area contributed by atoms with Gasteiger partial charge in [0, 0.05) is 37.1 Å². The molecule has 1 aliphatic rings. The van der Waals surface area contributed by atoms with E-state index in [0.717, 1.165) is 62.6 Å². The molecule has 0 spiro atoms. The zero-order chi connectivity index (χ0) is 20.2. The molecule has 29 heavy (non-hydrogen) atoms. The smallest absolute Gasteiger partial charge is 0.137 e. The number of hydrogen-bond donors (Lipinski definition) is 1. The van der Waals surface area contributed by atoms with Crippen LogP contribution in [0.25, 0.3) is 22.0 Å². The van der Waals surface area contributed by atoms with Gasteiger partial charge in [0.15, 0.2) is 0 Å². The van der Waals surface area contributed by atoms with Crippen molar-refractivity contribution in [3.8, 4) is 11.3 Å². The van der Waals surface area contributed by atoms with Gasteiger partial charge < -0.3 is 14.9 Å². The van der Waals surface area contributed by atoms with Crippen LogP contribution >= 0.6 is 0 Å². The number of rotatable bonds is 6.